The molecule has 5 heteroatoms. The minimum absolute atomic E-state index is 0.0179. The molecule has 1 N–H and O–H groups in total. The molecule has 2 amide bonds. The molecule has 26 heavy (non-hydrogen) atoms. The Kier molecular flexibility index (Phi) is 5.78. The van der Waals surface area contributed by atoms with Gasteiger partial charge in [0, 0.05) is 44.0 Å². The number of hydrogen-bond acceptors (Lipinski definition) is 3. The Labute approximate surface area is 155 Å². The van der Waals surface area contributed by atoms with Crippen LogP contribution in [0.1, 0.15) is 16.7 Å². The number of rotatable bonds is 4. The lowest BCUT2D eigenvalue weighted by molar-refractivity contribution is 0.142. The summed E-state index contributed by atoms with van der Waals surface area (Å²) in [6, 6.07) is 14.1. The van der Waals surface area contributed by atoms with Gasteiger partial charge < -0.3 is 15.0 Å². The molecule has 3 rings (SSSR count). The third-order valence-corrected chi connectivity index (χ3v) is 5.09. The lowest BCUT2D eigenvalue weighted by Gasteiger charge is -2.35. The summed E-state index contributed by atoms with van der Waals surface area (Å²) in [6.45, 7) is 8.11. The van der Waals surface area contributed by atoms with Gasteiger partial charge in [-0.25, -0.2) is 4.79 Å². The normalized spacial score (nSPS) is 15.0. The molecular weight excluding hydrogens is 326 g/mol. The van der Waals surface area contributed by atoms with Crippen molar-refractivity contribution in [2.45, 2.75) is 20.4 Å². The van der Waals surface area contributed by atoms with E-state index < -0.39 is 0 Å². The van der Waals surface area contributed by atoms with E-state index in [9.17, 15) is 4.79 Å². The molecule has 0 aliphatic carbocycles. The average molecular weight is 353 g/mol. The van der Waals surface area contributed by atoms with Crippen LogP contribution in [0.3, 0.4) is 0 Å². The summed E-state index contributed by atoms with van der Waals surface area (Å²) in [5.74, 6) is 0.919. The summed E-state index contributed by atoms with van der Waals surface area (Å²) in [6.07, 6.45) is 0. The number of ether oxygens (including phenoxy) is 1. The zero-order valence-electron chi connectivity index (χ0n) is 15.8. The van der Waals surface area contributed by atoms with Crippen molar-refractivity contribution >= 4 is 11.7 Å². The summed E-state index contributed by atoms with van der Waals surface area (Å²) in [7, 11) is 1.70. The molecular formula is C21H27N3O2. The number of aryl methyl sites for hydroxylation is 1. The van der Waals surface area contributed by atoms with E-state index in [-0.39, 0.29) is 6.03 Å². The SMILES string of the molecule is COc1ccccc1CN1CCN(C(=O)Nc2cccc(C)c2C)CC1. The van der Waals surface area contributed by atoms with Crippen LogP contribution >= 0.6 is 0 Å². The van der Waals surface area contributed by atoms with E-state index in [1.807, 2.05) is 42.2 Å². The number of amides is 2. The number of methoxy groups -OCH3 is 1. The van der Waals surface area contributed by atoms with Gasteiger partial charge in [-0.05, 0) is 37.1 Å². The van der Waals surface area contributed by atoms with Crippen molar-refractivity contribution in [3.8, 4) is 5.75 Å². The van der Waals surface area contributed by atoms with Crippen LogP contribution in [0, 0.1) is 13.8 Å². The summed E-state index contributed by atoms with van der Waals surface area (Å²) in [5.41, 5.74) is 4.38. The monoisotopic (exact) mass is 353 g/mol. The van der Waals surface area contributed by atoms with Crippen LogP contribution in [0.2, 0.25) is 0 Å². The second-order valence-corrected chi connectivity index (χ2v) is 6.75. The smallest absolute Gasteiger partial charge is 0.321 e. The van der Waals surface area contributed by atoms with Gasteiger partial charge in [-0.2, -0.15) is 0 Å². The summed E-state index contributed by atoms with van der Waals surface area (Å²) >= 11 is 0. The van der Waals surface area contributed by atoms with Gasteiger partial charge in [0.05, 0.1) is 7.11 Å². The number of nitrogens with one attached hydrogen (secondary N) is 1. The molecule has 1 heterocycles. The van der Waals surface area contributed by atoms with Gasteiger partial charge >= 0.3 is 6.03 Å². The highest BCUT2D eigenvalue weighted by molar-refractivity contribution is 5.90. The van der Waals surface area contributed by atoms with E-state index in [1.165, 1.54) is 11.1 Å². The Morgan fingerprint density at radius 3 is 2.50 bits per heavy atom. The van der Waals surface area contributed by atoms with Crippen molar-refractivity contribution in [1.82, 2.24) is 9.80 Å². The zero-order chi connectivity index (χ0) is 18.5. The molecule has 1 fully saturated rings. The van der Waals surface area contributed by atoms with Gasteiger partial charge in [-0.15, -0.1) is 0 Å². The van der Waals surface area contributed by atoms with Crippen LogP contribution in [0.4, 0.5) is 10.5 Å². The first-order valence-corrected chi connectivity index (χ1v) is 9.05. The van der Waals surface area contributed by atoms with Gasteiger partial charge in [0.2, 0.25) is 0 Å². The van der Waals surface area contributed by atoms with Crippen molar-refractivity contribution in [3.63, 3.8) is 0 Å². The van der Waals surface area contributed by atoms with Crippen LogP contribution in [-0.4, -0.2) is 49.1 Å². The Bertz CT molecular complexity index is 768. The minimum atomic E-state index is -0.0179. The van der Waals surface area contributed by atoms with E-state index in [0.717, 1.165) is 49.7 Å². The maximum atomic E-state index is 12.6. The first-order valence-electron chi connectivity index (χ1n) is 9.05. The first-order chi connectivity index (χ1) is 12.6. The van der Waals surface area contributed by atoms with E-state index in [4.69, 9.17) is 4.74 Å². The van der Waals surface area contributed by atoms with E-state index in [2.05, 4.69) is 29.3 Å². The maximum absolute atomic E-state index is 12.6. The predicted octanol–water partition coefficient (Wildman–Crippen LogP) is 3.66. The second kappa shape index (κ2) is 8.23. The van der Waals surface area contributed by atoms with Crippen molar-refractivity contribution in [2.24, 2.45) is 0 Å². The maximum Gasteiger partial charge on any atom is 0.321 e. The van der Waals surface area contributed by atoms with Crippen LogP contribution in [-0.2, 0) is 6.54 Å². The molecule has 1 aliphatic heterocycles. The standard InChI is InChI=1S/C21H27N3O2/c1-16-7-6-9-19(17(16)2)22-21(25)24-13-11-23(12-14-24)15-18-8-4-5-10-20(18)26-3/h4-10H,11-15H2,1-3H3,(H,22,25). The number of benzene rings is 2. The van der Waals surface area contributed by atoms with Crippen LogP contribution < -0.4 is 10.1 Å². The second-order valence-electron chi connectivity index (χ2n) is 6.75. The highest BCUT2D eigenvalue weighted by Gasteiger charge is 2.22. The van der Waals surface area contributed by atoms with Crippen LogP contribution in [0.5, 0.6) is 5.75 Å². The quantitative estimate of drug-likeness (QED) is 0.912. The average Bonchev–Trinajstić information content (AvgIpc) is 2.66. The van der Waals surface area contributed by atoms with Gasteiger partial charge in [0.25, 0.3) is 0 Å². The topological polar surface area (TPSA) is 44.8 Å². The third-order valence-electron chi connectivity index (χ3n) is 5.09. The number of carbonyl (C=O) groups is 1. The molecule has 0 aromatic heterocycles. The Morgan fingerprint density at radius 1 is 1.04 bits per heavy atom. The van der Waals surface area contributed by atoms with Crippen molar-refractivity contribution in [3.05, 3.63) is 59.2 Å². The van der Waals surface area contributed by atoms with Gasteiger partial charge in [0.15, 0.2) is 0 Å². The lowest BCUT2D eigenvalue weighted by atomic mass is 10.1. The van der Waals surface area contributed by atoms with E-state index in [1.54, 1.807) is 7.11 Å². The number of hydrogen-bond donors (Lipinski definition) is 1. The highest BCUT2D eigenvalue weighted by Crippen LogP contribution is 2.21. The third kappa shape index (κ3) is 4.17. The van der Waals surface area contributed by atoms with E-state index in [0.29, 0.717) is 0 Å². The Hall–Kier alpha value is -2.53. The number of anilines is 1. The highest BCUT2D eigenvalue weighted by atomic mass is 16.5. The molecule has 5 nitrogen and oxygen atoms in total. The number of para-hydroxylation sites is 1. The van der Waals surface area contributed by atoms with Crippen molar-refractivity contribution in [1.29, 1.82) is 0 Å². The molecule has 1 saturated heterocycles. The number of piperazine rings is 1. The molecule has 0 bridgehead atoms. The summed E-state index contributed by atoms with van der Waals surface area (Å²) in [5, 5.41) is 3.05. The van der Waals surface area contributed by atoms with Crippen LogP contribution in [0.15, 0.2) is 42.5 Å². The molecule has 1 aliphatic rings. The molecule has 2 aromatic rings. The fraction of sp³-hybridized carbons (Fsp3) is 0.381. The Balaban J connectivity index is 1.55. The van der Waals surface area contributed by atoms with Crippen molar-refractivity contribution in [2.75, 3.05) is 38.6 Å². The van der Waals surface area contributed by atoms with Gasteiger partial charge in [-0.3, -0.25) is 4.90 Å². The number of nitrogens with zero attached hydrogens (tertiary/aromatic N) is 2. The zero-order valence-corrected chi connectivity index (χ0v) is 15.8. The molecule has 138 valence electrons. The molecule has 0 unspecified atom stereocenters. The summed E-state index contributed by atoms with van der Waals surface area (Å²) in [4.78, 5) is 16.8. The predicted molar refractivity (Wildman–Crippen MR) is 105 cm³/mol. The number of urea groups is 1. The molecule has 0 saturated carbocycles. The lowest BCUT2D eigenvalue weighted by Crippen LogP contribution is -2.49. The minimum Gasteiger partial charge on any atom is -0.496 e. The first kappa shape index (κ1) is 18.3. The Morgan fingerprint density at radius 2 is 1.77 bits per heavy atom. The summed E-state index contributed by atoms with van der Waals surface area (Å²) < 4.78 is 5.43. The van der Waals surface area contributed by atoms with Crippen LogP contribution in [0.25, 0.3) is 0 Å². The molecule has 2 aromatic carbocycles. The largest absolute Gasteiger partial charge is 0.496 e. The van der Waals surface area contributed by atoms with E-state index >= 15 is 0 Å². The molecule has 0 spiro atoms. The molecule has 0 radical (unpaired) electrons. The van der Waals surface area contributed by atoms with Crippen molar-refractivity contribution < 1.29 is 9.53 Å². The molecule has 0 atom stereocenters. The van der Waals surface area contributed by atoms with Gasteiger partial charge in [-0.1, -0.05) is 30.3 Å². The number of carbonyl (C=O) groups excluding carboxylic acids is 1. The van der Waals surface area contributed by atoms with Gasteiger partial charge in [0.1, 0.15) is 5.75 Å². The fourth-order valence-electron chi connectivity index (χ4n) is 3.26. The fourth-order valence-corrected chi connectivity index (χ4v) is 3.26.